The molecule has 0 amide bonds. The van der Waals surface area contributed by atoms with Gasteiger partial charge >= 0.3 is 0 Å². The number of halogens is 1. The second-order valence-electron chi connectivity index (χ2n) is 7.92. The van der Waals surface area contributed by atoms with E-state index in [1.54, 1.807) is 0 Å². The Morgan fingerprint density at radius 2 is 1.52 bits per heavy atom. The SMILES string of the molecule is N#Cc1ccc(C2=C(C3SCCCS3)OC(c3ccc(Cl)cc3)=CC2c2ccccc2)cc1. The summed E-state index contributed by atoms with van der Waals surface area (Å²) in [6.45, 7) is 0. The first-order chi connectivity index (χ1) is 16.2. The molecule has 2 heterocycles. The van der Waals surface area contributed by atoms with E-state index in [4.69, 9.17) is 16.3 Å². The second kappa shape index (κ2) is 10.1. The summed E-state index contributed by atoms with van der Waals surface area (Å²) >= 11 is 10.1. The minimum absolute atomic E-state index is 0.0386. The van der Waals surface area contributed by atoms with E-state index >= 15 is 0 Å². The van der Waals surface area contributed by atoms with Crippen molar-refractivity contribution in [1.82, 2.24) is 0 Å². The van der Waals surface area contributed by atoms with Crippen LogP contribution in [-0.2, 0) is 4.74 Å². The van der Waals surface area contributed by atoms with Crippen molar-refractivity contribution >= 4 is 46.5 Å². The van der Waals surface area contributed by atoms with Crippen molar-refractivity contribution in [2.45, 2.75) is 16.9 Å². The molecule has 0 spiro atoms. The number of hydrogen-bond donors (Lipinski definition) is 0. The van der Waals surface area contributed by atoms with Gasteiger partial charge in [-0.3, -0.25) is 0 Å². The lowest BCUT2D eigenvalue weighted by Gasteiger charge is -2.33. The zero-order valence-corrected chi connectivity index (χ0v) is 20.3. The Balaban J connectivity index is 1.68. The Morgan fingerprint density at radius 3 is 2.18 bits per heavy atom. The summed E-state index contributed by atoms with van der Waals surface area (Å²) in [5, 5.41) is 10.0. The van der Waals surface area contributed by atoms with E-state index in [2.05, 4.69) is 36.4 Å². The predicted octanol–water partition coefficient (Wildman–Crippen LogP) is 7.97. The number of hydrogen-bond acceptors (Lipinski definition) is 4. The molecular weight excluding hydrogens is 466 g/mol. The molecule has 2 nitrogen and oxygen atoms in total. The second-order valence-corrected chi connectivity index (χ2v) is 11.1. The number of thioether (sulfide) groups is 2. The first-order valence-corrected chi connectivity index (χ1v) is 13.4. The summed E-state index contributed by atoms with van der Waals surface area (Å²) in [6.07, 6.45) is 3.43. The van der Waals surface area contributed by atoms with Gasteiger partial charge in [0.15, 0.2) is 0 Å². The van der Waals surface area contributed by atoms with Crippen molar-refractivity contribution in [2.75, 3.05) is 11.5 Å². The maximum Gasteiger partial charge on any atom is 0.132 e. The third kappa shape index (κ3) is 4.87. The molecule has 5 heteroatoms. The number of ether oxygens (including phenoxy) is 1. The van der Waals surface area contributed by atoms with Crippen LogP contribution in [0.15, 0.2) is 90.7 Å². The Hall–Kier alpha value is -2.58. The molecule has 2 aliphatic heterocycles. The molecule has 164 valence electrons. The highest BCUT2D eigenvalue weighted by atomic mass is 35.5. The molecule has 0 aliphatic carbocycles. The highest BCUT2D eigenvalue weighted by Gasteiger charge is 2.33. The maximum atomic E-state index is 9.29. The van der Waals surface area contributed by atoms with Crippen molar-refractivity contribution in [3.8, 4) is 6.07 Å². The van der Waals surface area contributed by atoms with Gasteiger partial charge in [-0.25, -0.2) is 0 Å². The number of benzene rings is 3. The van der Waals surface area contributed by atoms with E-state index in [1.165, 1.54) is 17.6 Å². The molecule has 0 N–H and O–H groups in total. The molecule has 3 aromatic rings. The molecule has 0 radical (unpaired) electrons. The molecular formula is C28H22ClNOS2. The number of nitriles is 1. The topological polar surface area (TPSA) is 33.0 Å². The van der Waals surface area contributed by atoms with Crippen LogP contribution < -0.4 is 0 Å². The van der Waals surface area contributed by atoms with Gasteiger partial charge in [-0.15, -0.1) is 23.5 Å². The minimum atomic E-state index is 0.0386. The zero-order valence-electron chi connectivity index (χ0n) is 17.9. The average Bonchev–Trinajstić information content (AvgIpc) is 2.89. The third-order valence-corrected chi connectivity index (χ3v) is 8.92. The molecule has 0 bridgehead atoms. The lowest BCUT2D eigenvalue weighted by Crippen LogP contribution is -2.19. The molecule has 0 aromatic heterocycles. The van der Waals surface area contributed by atoms with Gasteiger partial charge < -0.3 is 4.74 Å². The van der Waals surface area contributed by atoms with Crippen LogP contribution in [-0.4, -0.2) is 16.1 Å². The third-order valence-electron chi connectivity index (χ3n) is 5.77. The van der Waals surface area contributed by atoms with E-state index in [0.717, 1.165) is 34.2 Å². The molecule has 1 unspecified atom stereocenters. The quantitative estimate of drug-likeness (QED) is 0.373. The number of rotatable bonds is 4. The van der Waals surface area contributed by atoms with E-state index in [9.17, 15) is 5.26 Å². The largest absolute Gasteiger partial charge is 0.459 e. The molecule has 1 atom stereocenters. The summed E-state index contributed by atoms with van der Waals surface area (Å²) in [7, 11) is 0. The molecule has 5 rings (SSSR count). The Bertz CT molecular complexity index is 1220. The van der Waals surface area contributed by atoms with Gasteiger partial charge in [0.25, 0.3) is 0 Å². The predicted molar refractivity (Wildman–Crippen MR) is 141 cm³/mol. The highest BCUT2D eigenvalue weighted by Crippen LogP contribution is 2.49. The van der Waals surface area contributed by atoms with Gasteiger partial charge in [-0.1, -0.05) is 54.1 Å². The molecule has 1 fully saturated rings. The Morgan fingerprint density at radius 1 is 0.848 bits per heavy atom. The highest BCUT2D eigenvalue weighted by molar-refractivity contribution is 8.17. The van der Waals surface area contributed by atoms with E-state index in [0.29, 0.717) is 10.6 Å². The normalized spacial score (nSPS) is 18.9. The summed E-state index contributed by atoms with van der Waals surface area (Å²) in [5.74, 6) is 4.16. The van der Waals surface area contributed by atoms with Gasteiger partial charge in [-0.2, -0.15) is 5.26 Å². The number of allylic oxidation sites excluding steroid dienone is 2. The number of nitrogens with zero attached hydrogens (tertiary/aromatic N) is 1. The van der Waals surface area contributed by atoms with Crippen LogP contribution >= 0.6 is 35.1 Å². The lowest BCUT2D eigenvalue weighted by atomic mass is 9.83. The van der Waals surface area contributed by atoms with Crippen molar-refractivity contribution < 1.29 is 4.74 Å². The van der Waals surface area contributed by atoms with Gasteiger partial charge in [-0.05, 0) is 71.5 Å². The molecule has 1 saturated heterocycles. The van der Waals surface area contributed by atoms with E-state index in [-0.39, 0.29) is 10.5 Å². The van der Waals surface area contributed by atoms with Crippen LogP contribution in [0.1, 0.15) is 34.6 Å². The van der Waals surface area contributed by atoms with Crippen LogP contribution in [0.5, 0.6) is 0 Å². The van der Waals surface area contributed by atoms with E-state index in [1.807, 2.05) is 78.1 Å². The minimum Gasteiger partial charge on any atom is -0.459 e. The first kappa shape index (κ1) is 22.2. The summed E-state index contributed by atoms with van der Waals surface area (Å²) < 4.78 is 6.95. The van der Waals surface area contributed by atoms with Gasteiger partial charge in [0.1, 0.15) is 16.1 Å². The van der Waals surface area contributed by atoms with Crippen LogP contribution in [0, 0.1) is 11.3 Å². The molecule has 0 saturated carbocycles. The summed E-state index contributed by atoms with van der Waals surface area (Å²) in [4.78, 5) is 0. The summed E-state index contributed by atoms with van der Waals surface area (Å²) in [6, 6.07) is 28.5. The molecule has 2 aliphatic rings. The smallest absolute Gasteiger partial charge is 0.132 e. The standard InChI is InChI=1S/C28H22ClNOS2/c29-23-13-11-21(12-14-23)25-17-24(20-5-2-1-3-6-20)26(22-9-7-19(18-30)8-10-22)27(31-25)28-32-15-4-16-33-28/h1-3,5-14,17,24,28H,4,15-16H2. The van der Waals surface area contributed by atoms with Crippen LogP contribution in [0.25, 0.3) is 11.3 Å². The summed E-state index contributed by atoms with van der Waals surface area (Å²) in [5.41, 5.74) is 5.16. The average molecular weight is 488 g/mol. The van der Waals surface area contributed by atoms with Crippen molar-refractivity contribution in [3.63, 3.8) is 0 Å². The van der Waals surface area contributed by atoms with Crippen molar-refractivity contribution in [2.24, 2.45) is 0 Å². The van der Waals surface area contributed by atoms with E-state index < -0.39 is 0 Å². The molecule has 3 aromatic carbocycles. The van der Waals surface area contributed by atoms with Gasteiger partial charge in [0.2, 0.25) is 0 Å². The lowest BCUT2D eigenvalue weighted by molar-refractivity contribution is 0.375. The first-order valence-electron chi connectivity index (χ1n) is 10.9. The van der Waals surface area contributed by atoms with Crippen molar-refractivity contribution in [3.05, 3.63) is 118 Å². The van der Waals surface area contributed by atoms with Crippen molar-refractivity contribution in [1.29, 1.82) is 5.26 Å². The zero-order chi connectivity index (χ0) is 22.6. The van der Waals surface area contributed by atoms with Crippen LogP contribution in [0.2, 0.25) is 5.02 Å². The van der Waals surface area contributed by atoms with Gasteiger partial charge in [0.05, 0.1) is 11.6 Å². The fourth-order valence-corrected chi connectivity index (χ4v) is 7.12. The van der Waals surface area contributed by atoms with Crippen LogP contribution in [0.3, 0.4) is 0 Å². The maximum absolute atomic E-state index is 9.29. The fourth-order valence-electron chi connectivity index (χ4n) is 4.15. The Kier molecular flexibility index (Phi) is 6.83. The fraction of sp³-hybridized carbons (Fsp3) is 0.179. The monoisotopic (exact) mass is 487 g/mol. The van der Waals surface area contributed by atoms with Gasteiger partial charge in [0, 0.05) is 22.1 Å². The Labute approximate surface area is 208 Å². The van der Waals surface area contributed by atoms with Crippen LogP contribution in [0.4, 0.5) is 0 Å². The molecule has 33 heavy (non-hydrogen) atoms.